The summed E-state index contributed by atoms with van der Waals surface area (Å²) in [5, 5.41) is 4.63. The first kappa shape index (κ1) is 13.3. The van der Waals surface area contributed by atoms with Crippen molar-refractivity contribution in [3.8, 4) is 0 Å². The average Bonchev–Trinajstić information content (AvgIpc) is 2.97. The molecule has 0 bridgehead atoms. The lowest BCUT2D eigenvalue weighted by Gasteiger charge is -2.08. The largest absolute Gasteiger partial charge is 0.405 e. The first-order chi connectivity index (χ1) is 7.47. The SMILES string of the molecule is O=C(CNCCCC1CC1)NCC(F)(F)F. The fourth-order valence-electron chi connectivity index (χ4n) is 1.39. The van der Waals surface area contributed by atoms with E-state index >= 15 is 0 Å². The first-order valence-electron chi connectivity index (χ1n) is 5.51. The van der Waals surface area contributed by atoms with Crippen molar-refractivity contribution < 1.29 is 18.0 Å². The van der Waals surface area contributed by atoms with E-state index in [9.17, 15) is 18.0 Å². The molecule has 0 atom stereocenters. The van der Waals surface area contributed by atoms with Gasteiger partial charge < -0.3 is 10.6 Å². The third-order valence-electron chi connectivity index (χ3n) is 2.43. The standard InChI is InChI=1S/C10H17F3N2O/c11-10(12,13)7-15-9(16)6-14-5-1-2-8-3-4-8/h8,14H,1-7H2,(H,15,16). The predicted octanol–water partition coefficient (Wildman–Crippen LogP) is 1.44. The topological polar surface area (TPSA) is 41.1 Å². The lowest BCUT2D eigenvalue weighted by atomic mass is 10.2. The summed E-state index contributed by atoms with van der Waals surface area (Å²) in [7, 11) is 0. The second-order valence-corrected chi connectivity index (χ2v) is 4.15. The number of hydrogen-bond donors (Lipinski definition) is 2. The van der Waals surface area contributed by atoms with Crippen LogP contribution in [0.25, 0.3) is 0 Å². The predicted molar refractivity (Wildman–Crippen MR) is 53.9 cm³/mol. The maximum Gasteiger partial charge on any atom is 0.405 e. The van der Waals surface area contributed by atoms with Gasteiger partial charge in [0.2, 0.25) is 5.91 Å². The van der Waals surface area contributed by atoms with E-state index in [-0.39, 0.29) is 6.54 Å². The molecule has 6 heteroatoms. The van der Waals surface area contributed by atoms with Gasteiger partial charge in [-0.05, 0) is 25.3 Å². The number of nitrogens with one attached hydrogen (secondary N) is 2. The van der Waals surface area contributed by atoms with Crippen molar-refractivity contribution in [3.05, 3.63) is 0 Å². The van der Waals surface area contributed by atoms with Crippen molar-refractivity contribution in [2.45, 2.75) is 31.9 Å². The highest BCUT2D eigenvalue weighted by atomic mass is 19.4. The molecule has 0 aromatic heterocycles. The Kier molecular flexibility index (Phi) is 5.05. The highest BCUT2D eigenvalue weighted by molar-refractivity contribution is 5.77. The summed E-state index contributed by atoms with van der Waals surface area (Å²) in [6.45, 7) is -0.605. The van der Waals surface area contributed by atoms with Crippen LogP contribution in [0.4, 0.5) is 13.2 Å². The molecule has 1 amide bonds. The molecule has 0 aliphatic heterocycles. The Morgan fingerprint density at radius 2 is 2.00 bits per heavy atom. The van der Waals surface area contributed by atoms with E-state index in [1.165, 1.54) is 12.8 Å². The molecule has 16 heavy (non-hydrogen) atoms. The van der Waals surface area contributed by atoms with Crippen molar-refractivity contribution in [1.29, 1.82) is 0 Å². The molecular formula is C10H17F3N2O. The highest BCUT2D eigenvalue weighted by Gasteiger charge is 2.27. The number of halogens is 3. The van der Waals surface area contributed by atoms with Crippen LogP contribution >= 0.6 is 0 Å². The summed E-state index contributed by atoms with van der Waals surface area (Å²) in [4.78, 5) is 10.9. The Labute approximate surface area is 92.8 Å². The summed E-state index contributed by atoms with van der Waals surface area (Å²) in [5.74, 6) is 0.240. The summed E-state index contributed by atoms with van der Waals surface area (Å²) in [5.41, 5.74) is 0. The van der Waals surface area contributed by atoms with E-state index in [1.807, 2.05) is 5.32 Å². The van der Waals surface area contributed by atoms with E-state index < -0.39 is 18.6 Å². The minimum atomic E-state index is -4.33. The molecule has 94 valence electrons. The van der Waals surface area contributed by atoms with Crippen LogP contribution in [-0.4, -0.2) is 31.7 Å². The van der Waals surface area contributed by atoms with Gasteiger partial charge in [0.25, 0.3) is 0 Å². The molecule has 0 unspecified atom stereocenters. The van der Waals surface area contributed by atoms with E-state index in [0.29, 0.717) is 6.54 Å². The van der Waals surface area contributed by atoms with Gasteiger partial charge in [-0.3, -0.25) is 4.79 Å². The molecule has 0 spiro atoms. The zero-order chi connectivity index (χ0) is 12.0. The Bertz CT molecular complexity index is 227. The molecule has 1 rings (SSSR count). The minimum absolute atomic E-state index is 0.0409. The van der Waals surface area contributed by atoms with E-state index in [2.05, 4.69) is 5.32 Å². The fraction of sp³-hybridized carbons (Fsp3) is 0.900. The number of carbonyl (C=O) groups is 1. The van der Waals surface area contributed by atoms with Gasteiger partial charge in [-0.1, -0.05) is 12.8 Å². The van der Waals surface area contributed by atoms with Crippen LogP contribution in [-0.2, 0) is 4.79 Å². The normalized spacial score (nSPS) is 16.2. The molecule has 3 nitrogen and oxygen atoms in total. The van der Waals surface area contributed by atoms with Gasteiger partial charge in [-0.15, -0.1) is 0 Å². The van der Waals surface area contributed by atoms with Gasteiger partial charge in [-0.2, -0.15) is 13.2 Å². The van der Waals surface area contributed by atoms with Crippen LogP contribution in [0.15, 0.2) is 0 Å². The van der Waals surface area contributed by atoms with Crippen LogP contribution in [0, 0.1) is 5.92 Å². The summed E-state index contributed by atoms with van der Waals surface area (Å²) in [6, 6.07) is 0. The second kappa shape index (κ2) is 6.08. The number of hydrogen-bond acceptors (Lipinski definition) is 2. The summed E-state index contributed by atoms with van der Waals surface area (Å²) in [6.07, 6.45) is 0.397. The van der Waals surface area contributed by atoms with Gasteiger partial charge in [0, 0.05) is 0 Å². The molecule has 1 saturated carbocycles. The zero-order valence-corrected chi connectivity index (χ0v) is 9.07. The minimum Gasteiger partial charge on any atom is -0.346 e. The molecule has 0 aromatic carbocycles. The number of alkyl halides is 3. The van der Waals surface area contributed by atoms with Gasteiger partial charge in [0.1, 0.15) is 6.54 Å². The van der Waals surface area contributed by atoms with Crippen LogP contribution in [0.5, 0.6) is 0 Å². The smallest absolute Gasteiger partial charge is 0.346 e. The number of amides is 1. The van der Waals surface area contributed by atoms with Crippen molar-refractivity contribution in [3.63, 3.8) is 0 Å². The van der Waals surface area contributed by atoms with E-state index in [0.717, 1.165) is 18.8 Å². The Morgan fingerprint density at radius 3 is 2.56 bits per heavy atom. The van der Waals surface area contributed by atoms with Gasteiger partial charge in [-0.25, -0.2) is 0 Å². The van der Waals surface area contributed by atoms with Crippen molar-refractivity contribution in [1.82, 2.24) is 10.6 Å². The first-order valence-corrected chi connectivity index (χ1v) is 5.51. The van der Waals surface area contributed by atoms with Crippen molar-refractivity contribution >= 4 is 5.91 Å². The number of rotatable bonds is 7. The van der Waals surface area contributed by atoms with E-state index in [1.54, 1.807) is 0 Å². The summed E-state index contributed by atoms with van der Waals surface area (Å²) >= 11 is 0. The zero-order valence-electron chi connectivity index (χ0n) is 9.07. The molecule has 2 N–H and O–H groups in total. The van der Waals surface area contributed by atoms with Gasteiger partial charge >= 0.3 is 6.18 Å². The third kappa shape index (κ3) is 7.50. The lowest BCUT2D eigenvalue weighted by Crippen LogP contribution is -2.39. The molecule has 1 aliphatic rings. The van der Waals surface area contributed by atoms with Gasteiger partial charge in [0.15, 0.2) is 0 Å². The number of carbonyl (C=O) groups excluding carboxylic acids is 1. The molecule has 1 aliphatic carbocycles. The molecule has 0 heterocycles. The molecule has 0 saturated heterocycles. The van der Waals surface area contributed by atoms with E-state index in [4.69, 9.17) is 0 Å². The molecule has 1 fully saturated rings. The summed E-state index contributed by atoms with van der Waals surface area (Å²) < 4.78 is 35.2. The van der Waals surface area contributed by atoms with Gasteiger partial charge in [0.05, 0.1) is 6.54 Å². The van der Waals surface area contributed by atoms with Crippen LogP contribution in [0.2, 0.25) is 0 Å². The van der Waals surface area contributed by atoms with Crippen molar-refractivity contribution in [2.75, 3.05) is 19.6 Å². The lowest BCUT2D eigenvalue weighted by molar-refractivity contribution is -0.137. The maximum absolute atomic E-state index is 11.7. The fourth-order valence-corrected chi connectivity index (χ4v) is 1.39. The Morgan fingerprint density at radius 1 is 1.31 bits per heavy atom. The average molecular weight is 238 g/mol. The molecular weight excluding hydrogens is 221 g/mol. The quantitative estimate of drug-likeness (QED) is 0.659. The Hall–Kier alpha value is -0.780. The van der Waals surface area contributed by atoms with Crippen molar-refractivity contribution in [2.24, 2.45) is 5.92 Å². The van der Waals surface area contributed by atoms with Crippen LogP contribution < -0.4 is 10.6 Å². The Balaban J connectivity index is 1.89. The van der Waals surface area contributed by atoms with Crippen LogP contribution in [0.3, 0.4) is 0 Å². The van der Waals surface area contributed by atoms with Crippen LogP contribution in [0.1, 0.15) is 25.7 Å². The second-order valence-electron chi connectivity index (χ2n) is 4.15. The third-order valence-corrected chi connectivity index (χ3v) is 2.43. The monoisotopic (exact) mass is 238 g/mol. The highest BCUT2D eigenvalue weighted by Crippen LogP contribution is 2.33. The maximum atomic E-state index is 11.7. The molecule has 0 aromatic rings. The molecule has 0 radical (unpaired) electrons.